The summed E-state index contributed by atoms with van der Waals surface area (Å²) >= 11 is 3.47. The topological polar surface area (TPSA) is 3.24 Å². The summed E-state index contributed by atoms with van der Waals surface area (Å²) in [5.74, 6) is 0. The van der Waals surface area contributed by atoms with Gasteiger partial charge in [0.2, 0.25) is 0 Å². The predicted molar refractivity (Wildman–Crippen MR) is 49.3 cm³/mol. The van der Waals surface area contributed by atoms with Crippen molar-refractivity contribution in [2.45, 2.75) is 13.1 Å². The van der Waals surface area contributed by atoms with Crippen LogP contribution in [0.4, 0.5) is 0 Å². The molecule has 0 aromatic heterocycles. The van der Waals surface area contributed by atoms with E-state index in [4.69, 9.17) is 0 Å². The Kier molecular flexibility index (Phi) is 1.74. The van der Waals surface area contributed by atoms with Crippen LogP contribution < -0.4 is 0 Å². The van der Waals surface area contributed by atoms with E-state index in [1.165, 1.54) is 15.6 Å². The molecule has 0 saturated heterocycles. The van der Waals surface area contributed by atoms with Crippen LogP contribution in [0.25, 0.3) is 0 Å². The molecular formula is C9H10BrN. The van der Waals surface area contributed by atoms with Crippen LogP contribution in [0.2, 0.25) is 0 Å². The first kappa shape index (κ1) is 7.32. The molecule has 1 aliphatic rings. The Bertz CT molecular complexity index is 283. The number of halogens is 1. The first-order valence-electron chi connectivity index (χ1n) is 3.71. The number of nitrogens with zero attached hydrogens (tertiary/aromatic N) is 1. The van der Waals surface area contributed by atoms with E-state index in [2.05, 4.69) is 46.1 Å². The highest BCUT2D eigenvalue weighted by Gasteiger charge is 2.14. The van der Waals surface area contributed by atoms with E-state index in [0.29, 0.717) is 0 Å². The first-order valence-corrected chi connectivity index (χ1v) is 4.51. The van der Waals surface area contributed by atoms with E-state index < -0.39 is 0 Å². The van der Waals surface area contributed by atoms with Crippen molar-refractivity contribution >= 4 is 15.9 Å². The van der Waals surface area contributed by atoms with E-state index in [0.717, 1.165) is 13.1 Å². The van der Waals surface area contributed by atoms with Gasteiger partial charge in [0.1, 0.15) is 0 Å². The Hall–Kier alpha value is -0.340. The second-order valence-corrected chi connectivity index (χ2v) is 4.00. The predicted octanol–water partition coefficient (Wildman–Crippen LogP) is 2.39. The van der Waals surface area contributed by atoms with Crippen molar-refractivity contribution in [2.24, 2.45) is 0 Å². The number of fused-ring (bicyclic) bond motifs is 1. The lowest BCUT2D eigenvalue weighted by Gasteiger charge is -2.02. The third-order valence-electron chi connectivity index (χ3n) is 2.05. The van der Waals surface area contributed by atoms with E-state index in [1.54, 1.807) is 0 Å². The van der Waals surface area contributed by atoms with Crippen LogP contribution in [0.15, 0.2) is 22.7 Å². The highest BCUT2D eigenvalue weighted by atomic mass is 79.9. The molecule has 0 saturated carbocycles. The summed E-state index contributed by atoms with van der Waals surface area (Å²) in [7, 11) is 2.15. The molecule has 0 spiro atoms. The quantitative estimate of drug-likeness (QED) is 0.638. The molecule has 1 nitrogen and oxygen atoms in total. The molecule has 1 aromatic rings. The molecule has 1 heterocycles. The van der Waals surface area contributed by atoms with Gasteiger partial charge < -0.3 is 0 Å². The molecule has 0 amide bonds. The smallest absolute Gasteiger partial charge is 0.0237 e. The Morgan fingerprint density at radius 2 is 2.00 bits per heavy atom. The van der Waals surface area contributed by atoms with E-state index in [-0.39, 0.29) is 0 Å². The van der Waals surface area contributed by atoms with Crippen LogP contribution >= 0.6 is 15.9 Å². The zero-order valence-electron chi connectivity index (χ0n) is 6.47. The highest BCUT2D eigenvalue weighted by molar-refractivity contribution is 9.10. The van der Waals surface area contributed by atoms with Gasteiger partial charge in [-0.05, 0) is 30.3 Å². The summed E-state index contributed by atoms with van der Waals surface area (Å²) < 4.78 is 1.19. The van der Waals surface area contributed by atoms with Gasteiger partial charge in [0, 0.05) is 17.6 Å². The van der Waals surface area contributed by atoms with Crippen molar-refractivity contribution in [1.29, 1.82) is 0 Å². The van der Waals surface area contributed by atoms with E-state index in [1.807, 2.05) is 0 Å². The Morgan fingerprint density at radius 1 is 1.27 bits per heavy atom. The number of benzene rings is 1. The Labute approximate surface area is 75.1 Å². The number of rotatable bonds is 0. The van der Waals surface area contributed by atoms with Crippen molar-refractivity contribution in [1.82, 2.24) is 4.90 Å². The maximum absolute atomic E-state index is 3.47. The molecule has 0 radical (unpaired) electrons. The molecule has 0 unspecified atom stereocenters. The minimum atomic E-state index is 1.09. The lowest BCUT2D eigenvalue weighted by Crippen LogP contribution is -2.07. The summed E-state index contributed by atoms with van der Waals surface area (Å²) in [5, 5.41) is 0. The van der Waals surface area contributed by atoms with Crippen LogP contribution in [0.1, 0.15) is 11.1 Å². The van der Waals surface area contributed by atoms with Crippen LogP contribution in [0.5, 0.6) is 0 Å². The molecule has 2 rings (SSSR count). The fraction of sp³-hybridized carbons (Fsp3) is 0.333. The minimum absolute atomic E-state index is 1.09. The van der Waals surface area contributed by atoms with E-state index in [9.17, 15) is 0 Å². The minimum Gasteiger partial charge on any atom is -0.298 e. The van der Waals surface area contributed by atoms with Gasteiger partial charge in [-0.3, -0.25) is 4.90 Å². The molecular weight excluding hydrogens is 202 g/mol. The van der Waals surface area contributed by atoms with Gasteiger partial charge >= 0.3 is 0 Å². The Morgan fingerprint density at radius 3 is 2.82 bits per heavy atom. The molecule has 0 bridgehead atoms. The van der Waals surface area contributed by atoms with E-state index >= 15 is 0 Å². The first-order chi connectivity index (χ1) is 5.25. The third kappa shape index (κ3) is 1.33. The highest BCUT2D eigenvalue weighted by Crippen LogP contribution is 2.24. The van der Waals surface area contributed by atoms with Gasteiger partial charge in [-0.1, -0.05) is 22.0 Å². The molecule has 58 valence electrons. The monoisotopic (exact) mass is 211 g/mol. The lowest BCUT2D eigenvalue weighted by molar-refractivity contribution is 0.353. The SMILES string of the molecule is CN1Cc2ccc(Br)cc2C1. The van der Waals surface area contributed by atoms with Gasteiger partial charge in [0.15, 0.2) is 0 Å². The summed E-state index contributed by atoms with van der Waals surface area (Å²) in [6.07, 6.45) is 0. The molecule has 0 atom stereocenters. The molecule has 1 aliphatic heterocycles. The molecule has 11 heavy (non-hydrogen) atoms. The van der Waals surface area contributed by atoms with Crippen LogP contribution in [0.3, 0.4) is 0 Å². The lowest BCUT2D eigenvalue weighted by atomic mass is 10.1. The fourth-order valence-electron chi connectivity index (χ4n) is 1.53. The standard InChI is InChI=1S/C9H10BrN/c1-11-5-7-2-3-9(10)4-8(7)6-11/h2-4H,5-6H2,1H3. The summed E-state index contributed by atoms with van der Waals surface area (Å²) in [4.78, 5) is 2.32. The second kappa shape index (κ2) is 2.61. The van der Waals surface area contributed by atoms with Gasteiger partial charge in [0.05, 0.1) is 0 Å². The number of hydrogen-bond donors (Lipinski definition) is 0. The number of hydrogen-bond acceptors (Lipinski definition) is 1. The zero-order valence-corrected chi connectivity index (χ0v) is 8.06. The van der Waals surface area contributed by atoms with Gasteiger partial charge in [-0.2, -0.15) is 0 Å². The molecule has 0 N–H and O–H groups in total. The zero-order chi connectivity index (χ0) is 7.84. The van der Waals surface area contributed by atoms with Gasteiger partial charge in [-0.25, -0.2) is 0 Å². The van der Waals surface area contributed by atoms with Crippen molar-refractivity contribution in [2.75, 3.05) is 7.05 Å². The average molecular weight is 212 g/mol. The van der Waals surface area contributed by atoms with Crippen LogP contribution in [0, 0.1) is 0 Å². The maximum atomic E-state index is 3.47. The second-order valence-electron chi connectivity index (χ2n) is 3.09. The van der Waals surface area contributed by atoms with Crippen molar-refractivity contribution in [3.05, 3.63) is 33.8 Å². The summed E-state index contributed by atoms with van der Waals surface area (Å²) in [6, 6.07) is 6.51. The molecule has 0 aliphatic carbocycles. The van der Waals surface area contributed by atoms with Crippen molar-refractivity contribution in [3.8, 4) is 0 Å². The fourth-order valence-corrected chi connectivity index (χ4v) is 1.94. The molecule has 1 aromatic carbocycles. The third-order valence-corrected chi connectivity index (χ3v) is 2.54. The van der Waals surface area contributed by atoms with Gasteiger partial charge in [-0.15, -0.1) is 0 Å². The van der Waals surface area contributed by atoms with Crippen molar-refractivity contribution in [3.63, 3.8) is 0 Å². The van der Waals surface area contributed by atoms with Crippen LogP contribution in [-0.4, -0.2) is 11.9 Å². The summed E-state index contributed by atoms with van der Waals surface area (Å²) in [6.45, 7) is 2.19. The summed E-state index contributed by atoms with van der Waals surface area (Å²) in [5.41, 5.74) is 2.93. The van der Waals surface area contributed by atoms with Gasteiger partial charge in [0.25, 0.3) is 0 Å². The largest absolute Gasteiger partial charge is 0.298 e. The Balaban J connectivity index is 2.43. The molecule has 2 heteroatoms. The maximum Gasteiger partial charge on any atom is 0.0237 e. The van der Waals surface area contributed by atoms with Crippen LogP contribution in [-0.2, 0) is 13.1 Å². The van der Waals surface area contributed by atoms with Crippen molar-refractivity contribution < 1.29 is 0 Å². The normalized spacial score (nSPS) is 16.9. The molecule has 0 fully saturated rings. The average Bonchev–Trinajstić information content (AvgIpc) is 2.27.